The van der Waals surface area contributed by atoms with Crippen molar-refractivity contribution in [2.45, 2.75) is 47.4 Å². The first-order valence-electron chi connectivity index (χ1n) is 5.38. The average Bonchev–Trinajstić information content (AvgIpc) is 2.03. The van der Waals surface area contributed by atoms with Gasteiger partial charge in [-0.15, -0.1) is 0 Å². The molecule has 74 valence electrons. The normalized spacial score (nSPS) is 20.0. The Morgan fingerprint density at radius 3 is 2.46 bits per heavy atom. The van der Waals surface area contributed by atoms with E-state index in [4.69, 9.17) is 0 Å². The number of rotatable bonds is 2. The number of hydrogen-bond donors (Lipinski definition) is 0. The molecule has 0 N–H and O–H groups in total. The summed E-state index contributed by atoms with van der Waals surface area (Å²) in [6.45, 7) is 2.30. The Morgan fingerprint density at radius 1 is 1.31 bits per heavy atom. The van der Waals surface area contributed by atoms with E-state index in [1.165, 1.54) is 25.7 Å². The van der Waals surface area contributed by atoms with Crippen molar-refractivity contribution in [3.05, 3.63) is 21.3 Å². The van der Waals surface area contributed by atoms with E-state index in [9.17, 15) is 0 Å². The minimum absolute atomic E-state index is 1.31. The third kappa shape index (κ3) is 4.35. The van der Waals surface area contributed by atoms with Crippen molar-refractivity contribution < 1.29 is 0 Å². The molecule has 0 atom stereocenters. The molecule has 1 aliphatic rings. The van der Waals surface area contributed by atoms with Crippen LogP contribution >= 0.6 is 0 Å². The van der Waals surface area contributed by atoms with Gasteiger partial charge in [-0.25, -0.2) is 0 Å². The van der Waals surface area contributed by atoms with Gasteiger partial charge in [0.05, 0.1) is 0 Å². The molecule has 0 nitrogen and oxygen atoms in total. The predicted molar refractivity (Wildman–Crippen MR) is 63.7 cm³/mol. The monoisotopic (exact) mass is 286 g/mol. The van der Waals surface area contributed by atoms with Crippen molar-refractivity contribution in [3.63, 3.8) is 0 Å². The van der Waals surface area contributed by atoms with Gasteiger partial charge >= 0.3 is 87.1 Å². The Balaban J connectivity index is 2.71. The van der Waals surface area contributed by atoms with Crippen LogP contribution in [0.1, 0.15) is 32.6 Å². The molecule has 0 aromatic rings. The number of allylic oxidation sites excluding steroid dienone is 3. The van der Waals surface area contributed by atoms with Crippen LogP contribution in [-0.4, -0.2) is 18.4 Å². The zero-order valence-corrected chi connectivity index (χ0v) is 12.3. The minimum atomic E-state index is -1.69. The summed E-state index contributed by atoms with van der Waals surface area (Å²) in [7, 11) is 0. The van der Waals surface area contributed by atoms with Crippen molar-refractivity contribution in [3.8, 4) is 0 Å². The second-order valence-corrected chi connectivity index (χ2v) is 19.5. The molecular formula is C12H22Sn. The fourth-order valence-electron chi connectivity index (χ4n) is 1.94. The van der Waals surface area contributed by atoms with Crippen molar-refractivity contribution in [1.29, 1.82) is 0 Å². The Bertz CT molecular complexity index is 228. The summed E-state index contributed by atoms with van der Waals surface area (Å²) in [5.41, 5.74) is 3.22. The summed E-state index contributed by atoms with van der Waals surface area (Å²) in [5, 5.41) is 0. The molecule has 0 spiro atoms. The van der Waals surface area contributed by atoms with Crippen LogP contribution in [0.3, 0.4) is 0 Å². The van der Waals surface area contributed by atoms with Crippen LogP contribution in [0.2, 0.25) is 14.8 Å². The zero-order valence-electron chi connectivity index (χ0n) is 9.48. The molecular weight excluding hydrogens is 263 g/mol. The van der Waals surface area contributed by atoms with Gasteiger partial charge in [0.15, 0.2) is 0 Å². The molecule has 1 aliphatic carbocycles. The van der Waals surface area contributed by atoms with Crippen molar-refractivity contribution in [2.75, 3.05) is 0 Å². The molecule has 0 aromatic carbocycles. The standard InChI is InChI=1S/C9H13.3CH3.Sn/c1-8(2)9-6-4-3-5-7-9;;;;/h1,6H,3-5,7H2,2H3;3*1H3;. The van der Waals surface area contributed by atoms with Crippen LogP contribution in [0.5, 0.6) is 0 Å². The van der Waals surface area contributed by atoms with Gasteiger partial charge in [0.2, 0.25) is 0 Å². The van der Waals surface area contributed by atoms with E-state index >= 15 is 0 Å². The van der Waals surface area contributed by atoms with E-state index < -0.39 is 18.4 Å². The molecule has 0 heterocycles. The van der Waals surface area contributed by atoms with Crippen LogP contribution in [0.25, 0.3) is 0 Å². The molecule has 0 radical (unpaired) electrons. The Hall–Kier alpha value is 0.279. The third-order valence-corrected chi connectivity index (χ3v) is 6.15. The van der Waals surface area contributed by atoms with Gasteiger partial charge in [0.1, 0.15) is 0 Å². The second-order valence-electron chi connectivity index (χ2n) is 5.17. The molecule has 13 heavy (non-hydrogen) atoms. The zero-order chi connectivity index (χ0) is 9.90. The molecule has 0 fully saturated rings. The molecule has 0 saturated heterocycles. The van der Waals surface area contributed by atoms with Gasteiger partial charge in [-0.2, -0.15) is 0 Å². The van der Waals surface area contributed by atoms with Crippen LogP contribution < -0.4 is 0 Å². The SMILES string of the molecule is C/C(=[CH]\[Sn]([CH3])([CH3])[CH3])C1=CCCCC1. The Kier molecular flexibility index (Phi) is 4.08. The van der Waals surface area contributed by atoms with Gasteiger partial charge in [0.25, 0.3) is 0 Å². The first kappa shape index (κ1) is 11.4. The van der Waals surface area contributed by atoms with Gasteiger partial charge < -0.3 is 0 Å². The molecule has 0 unspecified atom stereocenters. The second kappa shape index (κ2) is 4.67. The van der Waals surface area contributed by atoms with Crippen LogP contribution in [0.15, 0.2) is 21.3 Å². The van der Waals surface area contributed by atoms with Crippen molar-refractivity contribution in [1.82, 2.24) is 0 Å². The van der Waals surface area contributed by atoms with Crippen molar-refractivity contribution >= 4 is 18.4 Å². The summed E-state index contributed by atoms with van der Waals surface area (Å²) in [6, 6.07) is 0. The van der Waals surface area contributed by atoms with Gasteiger partial charge in [-0.1, -0.05) is 0 Å². The van der Waals surface area contributed by atoms with E-state index in [2.05, 4.69) is 31.9 Å². The Morgan fingerprint density at radius 2 is 2.00 bits per heavy atom. The van der Waals surface area contributed by atoms with Gasteiger partial charge in [-0.3, -0.25) is 0 Å². The quantitative estimate of drug-likeness (QED) is 0.663. The molecule has 0 aliphatic heterocycles. The van der Waals surface area contributed by atoms with Gasteiger partial charge in [0, 0.05) is 0 Å². The fraction of sp³-hybridized carbons (Fsp3) is 0.667. The van der Waals surface area contributed by atoms with E-state index in [0.29, 0.717) is 0 Å². The maximum absolute atomic E-state index is 2.60. The first-order chi connectivity index (χ1) is 5.99. The van der Waals surface area contributed by atoms with E-state index in [1.54, 1.807) is 11.1 Å². The fourth-order valence-corrected chi connectivity index (χ4v) is 6.18. The van der Waals surface area contributed by atoms with Crippen LogP contribution in [0, 0.1) is 0 Å². The van der Waals surface area contributed by atoms with E-state index in [0.717, 1.165) is 0 Å². The first-order valence-corrected chi connectivity index (χ1v) is 15.6. The van der Waals surface area contributed by atoms with E-state index in [-0.39, 0.29) is 0 Å². The average molecular weight is 285 g/mol. The summed E-state index contributed by atoms with van der Waals surface area (Å²) < 4.78 is 2.60. The van der Waals surface area contributed by atoms with Crippen LogP contribution in [-0.2, 0) is 0 Å². The van der Waals surface area contributed by atoms with Gasteiger partial charge in [-0.05, 0) is 0 Å². The molecule has 1 heteroatoms. The molecule has 0 saturated carbocycles. The summed E-state index contributed by atoms with van der Waals surface area (Å²) in [6.07, 6.45) is 7.88. The molecule has 0 amide bonds. The molecule has 0 aromatic heterocycles. The summed E-state index contributed by atoms with van der Waals surface area (Å²) in [5.74, 6) is 0. The maximum atomic E-state index is 2.60. The third-order valence-electron chi connectivity index (χ3n) is 2.45. The van der Waals surface area contributed by atoms with Crippen molar-refractivity contribution in [2.24, 2.45) is 0 Å². The summed E-state index contributed by atoms with van der Waals surface area (Å²) in [4.78, 5) is 7.42. The molecule has 0 bridgehead atoms. The number of hydrogen-bond acceptors (Lipinski definition) is 0. The molecule has 1 rings (SSSR count). The summed E-state index contributed by atoms with van der Waals surface area (Å²) >= 11 is -1.69. The predicted octanol–water partition coefficient (Wildman–Crippen LogP) is 4.31. The van der Waals surface area contributed by atoms with Crippen LogP contribution in [0.4, 0.5) is 0 Å². The van der Waals surface area contributed by atoms with E-state index in [1.807, 2.05) is 0 Å². The topological polar surface area (TPSA) is 0 Å². The Labute approximate surface area is 87.0 Å².